The Morgan fingerprint density at radius 3 is 3.14 bits per heavy atom. The fraction of sp³-hybridized carbons (Fsp3) is 0.333. The van der Waals surface area contributed by atoms with Gasteiger partial charge in [-0.15, -0.1) is 6.58 Å². The van der Waals surface area contributed by atoms with Crippen LogP contribution in [0.5, 0.6) is 0 Å². The van der Waals surface area contributed by atoms with Crippen LogP contribution in [0.2, 0.25) is 0 Å². The van der Waals surface area contributed by atoms with E-state index in [4.69, 9.17) is 4.12 Å². The molecule has 0 saturated heterocycles. The van der Waals surface area contributed by atoms with E-state index in [9.17, 15) is 0 Å². The standard InChI is InChI=1S/C3H11NOSi2/c1-2-3-4-7-5-6/h2,4H,1,3,7H2,6H3. The predicted molar refractivity (Wildman–Crippen MR) is 37.8 cm³/mol. The van der Waals surface area contributed by atoms with Gasteiger partial charge in [0.15, 0.2) is 0 Å². The van der Waals surface area contributed by atoms with Gasteiger partial charge in [-0.2, -0.15) is 0 Å². The number of rotatable bonds is 4. The van der Waals surface area contributed by atoms with Crippen molar-refractivity contribution < 1.29 is 4.12 Å². The zero-order valence-corrected chi connectivity index (χ0v) is 8.02. The van der Waals surface area contributed by atoms with Gasteiger partial charge in [-0.1, -0.05) is 6.08 Å². The molecule has 2 nitrogen and oxygen atoms in total. The molecular formula is C3H11NOSi2. The third-order valence-corrected chi connectivity index (χ3v) is 2.18. The van der Waals surface area contributed by atoms with Crippen LogP contribution in [0.25, 0.3) is 0 Å². The highest BCUT2D eigenvalue weighted by Gasteiger charge is 1.74. The summed E-state index contributed by atoms with van der Waals surface area (Å²) in [6.45, 7) is 4.45. The molecule has 0 aliphatic heterocycles. The van der Waals surface area contributed by atoms with Crippen molar-refractivity contribution in [1.82, 2.24) is 4.98 Å². The molecule has 0 spiro atoms. The van der Waals surface area contributed by atoms with Gasteiger partial charge in [-0.25, -0.2) is 0 Å². The van der Waals surface area contributed by atoms with Crippen LogP contribution in [0.4, 0.5) is 0 Å². The molecule has 1 N–H and O–H groups in total. The summed E-state index contributed by atoms with van der Waals surface area (Å²) in [7, 11) is 0.522. The Bertz CT molecular complexity index is 50.2. The maximum absolute atomic E-state index is 4.96. The lowest BCUT2D eigenvalue weighted by Crippen LogP contribution is -2.20. The molecule has 4 heteroatoms. The highest BCUT2D eigenvalue weighted by molar-refractivity contribution is 6.31. The van der Waals surface area contributed by atoms with Gasteiger partial charge in [0.25, 0.3) is 0 Å². The lowest BCUT2D eigenvalue weighted by Gasteiger charge is -1.94. The maximum atomic E-state index is 4.96. The molecule has 0 saturated carbocycles. The Kier molecular flexibility index (Phi) is 6.18. The van der Waals surface area contributed by atoms with Crippen LogP contribution in [0.15, 0.2) is 12.7 Å². The van der Waals surface area contributed by atoms with Crippen molar-refractivity contribution in [2.45, 2.75) is 0 Å². The van der Waals surface area contributed by atoms with E-state index in [-0.39, 0.29) is 9.92 Å². The Labute approximate surface area is 49.5 Å². The van der Waals surface area contributed by atoms with E-state index in [1.807, 2.05) is 6.08 Å². The maximum Gasteiger partial charge on any atom is 0.224 e. The van der Waals surface area contributed by atoms with Crippen molar-refractivity contribution in [1.29, 1.82) is 0 Å². The normalized spacial score (nSPS) is 10.9. The molecule has 0 atom stereocenters. The minimum atomic E-state index is -0.349. The number of hydrogen-bond donors (Lipinski definition) is 1. The average molecular weight is 133 g/mol. The summed E-state index contributed by atoms with van der Waals surface area (Å²) in [5.74, 6) is 0. The first-order valence-corrected chi connectivity index (χ1v) is 4.32. The summed E-state index contributed by atoms with van der Waals surface area (Å²) in [6, 6.07) is 0. The van der Waals surface area contributed by atoms with E-state index in [0.717, 1.165) is 17.0 Å². The van der Waals surface area contributed by atoms with Crippen molar-refractivity contribution in [2.75, 3.05) is 6.54 Å². The summed E-state index contributed by atoms with van der Waals surface area (Å²) in [5.41, 5.74) is 0. The summed E-state index contributed by atoms with van der Waals surface area (Å²) in [5, 5.41) is 0. The van der Waals surface area contributed by atoms with Crippen molar-refractivity contribution in [3.05, 3.63) is 12.7 Å². The number of nitrogens with one attached hydrogen (secondary N) is 1. The summed E-state index contributed by atoms with van der Waals surface area (Å²) >= 11 is 0. The molecule has 0 aromatic rings. The van der Waals surface area contributed by atoms with Gasteiger partial charge in [0, 0.05) is 6.54 Å². The molecule has 0 amide bonds. The minimum Gasteiger partial charge on any atom is -0.457 e. The third kappa shape index (κ3) is 6.09. The van der Waals surface area contributed by atoms with E-state index >= 15 is 0 Å². The first-order chi connectivity index (χ1) is 3.41. The van der Waals surface area contributed by atoms with Crippen LogP contribution in [0.3, 0.4) is 0 Å². The average Bonchev–Trinajstić information content (AvgIpc) is 1.69. The van der Waals surface area contributed by atoms with Crippen LogP contribution >= 0.6 is 0 Å². The molecule has 0 aliphatic carbocycles. The summed E-state index contributed by atoms with van der Waals surface area (Å²) in [4.78, 5) is 3.12. The summed E-state index contributed by atoms with van der Waals surface area (Å²) in [6.07, 6.45) is 1.84. The zero-order valence-electron chi connectivity index (χ0n) is 4.61. The SMILES string of the molecule is C=CCN[SiH2]O[SiH3]. The van der Waals surface area contributed by atoms with Crippen LogP contribution in [-0.4, -0.2) is 27.0 Å². The molecular weight excluding hydrogens is 122 g/mol. The molecule has 42 valence electrons. The van der Waals surface area contributed by atoms with Crippen LogP contribution < -0.4 is 4.98 Å². The lowest BCUT2D eigenvalue weighted by molar-refractivity contribution is 0.644. The van der Waals surface area contributed by atoms with Gasteiger partial charge in [-0.3, -0.25) is 0 Å². The van der Waals surface area contributed by atoms with Crippen molar-refractivity contribution in [3.63, 3.8) is 0 Å². The van der Waals surface area contributed by atoms with E-state index < -0.39 is 0 Å². The van der Waals surface area contributed by atoms with Crippen LogP contribution in [-0.2, 0) is 4.12 Å². The van der Waals surface area contributed by atoms with Gasteiger partial charge in [0.05, 0.1) is 0 Å². The van der Waals surface area contributed by atoms with Crippen molar-refractivity contribution in [3.8, 4) is 0 Å². The molecule has 0 heterocycles. The van der Waals surface area contributed by atoms with E-state index in [2.05, 4.69) is 11.6 Å². The number of hydrogen-bond acceptors (Lipinski definition) is 2. The molecule has 0 fully saturated rings. The fourth-order valence-electron chi connectivity index (χ4n) is 0.263. The van der Waals surface area contributed by atoms with E-state index in [0.29, 0.717) is 0 Å². The van der Waals surface area contributed by atoms with E-state index in [1.165, 1.54) is 0 Å². The van der Waals surface area contributed by atoms with Gasteiger partial charge >= 0.3 is 0 Å². The highest BCUT2D eigenvalue weighted by Crippen LogP contribution is 1.55. The molecule has 0 radical (unpaired) electrons. The smallest absolute Gasteiger partial charge is 0.224 e. The lowest BCUT2D eigenvalue weighted by atomic mass is 10.7. The van der Waals surface area contributed by atoms with E-state index in [1.54, 1.807) is 0 Å². The molecule has 0 aromatic carbocycles. The van der Waals surface area contributed by atoms with Crippen molar-refractivity contribution in [2.24, 2.45) is 0 Å². The molecule has 0 bridgehead atoms. The van der Waals surface area contributed by atoms with Gasteiger partial charge in [0.1, 0.15) is 10.5 Å². The van der Waals surface area contributed by atoms with Crippen LogP contribution in [0, 0.1) is 0 Å². The molecule has 0 unspecified atom stereocenters. The molecule has 0 aliphatic rings. The van der Waals surface area contributed by atoms with Crippen molar-refractivity contribution >= 4 is 20.4 Å². The zero-order chi connectivity index (χ0) is 5.54. The second kappa shape index (κ2) is 6.09. The monoisotopic (exact) mass is 133 g/mol. The third-order valence-electron chi connectivity index (χ3n) is 0.535. The predicted octanol–water partition coefficient (Wildman–Crippen LogP) is -1.94. The fourth-order valence-corrected chi connectivity index (χ4v) is 1.40. The molecule has 7 heavy (non-hydrogen) atoms. The molecule has 0 rings (SSSR count). The Morgan fingerprint density at radius 1 is 2.00 bits per heavy atom. The largest absolute Gasteiger partial charge is 0.457 e. The second-order valence-corrected chi connectivity index (χ2v) is 4.27. The minimum absolute atomic E-state index is 0.349. The van der Waals surface area contributed by atoms with Crippen LogP contribution in [0.1, 0.15) is 0 Å². The highest BCUT2D eigenvalue weighted by atomic mass is 28.3. The second-order valence-electron chi connectivity index (χ2n) is 1.18. The Hall–Kier alpha value is 0.0938. The van der Waals surface area contributed by atoms with Gasteiger partial charge in [-0.05, 0) is 0 Å². The Morgan fingerprint density at radius 2 is 2.71 bits per heavy atom. The van der Waals surface area contributed by atoms with Gasteiger partial charge < -0.3 is 9.10 Å². The first-order valence-electron chi connectivity index (χ1n) is 2.22. The Balaban J connectivity index is 2.56. The topological polar surface area (TPSA) is 21.3 Å². The van der Waals surface area contributed by atoms with Gasteiger partial charge in [0.2, 0.25) is 9.92 Å². The quantitative estimate of drug-likeness (QED) is 0.274. The summed E-state index contributed by atoms with van der Waals surface area (Å²) < 4.78 is 4.96. The molecule has 0 aromatic heterocycles. The first kappa shape index (κ1) is 7.09.